The largest absolute Gasteiger partial charge is 0.380 e. The van der Waals surface area contributed by atoms with E-state index in [4.69, 9.17) is 5.26 Å². The van der Waals surface area contributed by atoms with Crippen molar-refractivity contribution < 1.29 is 0 Å². The SMILES string of the molecule is CCn1ccc(CNc2ccc(C#N)cc2Br)c1. The molecule has 0 aliphatic heterocycles. The van der Waals surface area contributed by atoms with E-state index < -0.39 is 0 Å². The highest BCUT2D eigenvalue weighted by Gasteiger charge is 2.02. The second-order valence-electron chi connectivity index (χ2n) is 4.01. The molecule has 0 aliphatic carbocycles. The van der Waals surface area contributed by atoms with Gasteiger partial charge in [0.2, 0.25) is 0 Å². The molecule has 0 fully saturated rings. The van der Waals surface area contributed by atoms with Crippen LogP contribution in [0.4, 0.5) is 5.69 Å². The van der Waals surface area contributed by atoms with Crippen LogP contribution in [0.3, 0.4) is 0 Å². The van der Waals surface area contributed by atoms with Gasteiger partial charge in [0.15, 0.2) is 0 Å². The molecule has 1 aromatic carbocycles. The van der Waals surface area contributed by atoms with Gasteiger partial charge in [-0.1, -0.05) is 0 Å². The van der Waals surface area contributed by atoms with Crippen LogP contribution < -0.4 is 5.32 Å². The number of hydrogen-bond donors (Lipinski definition) is 1. The second kappa shape index (κ2) is 5.74. The summed E-state index contributed by atoms with van der Waals surface area (Å²) in [5.74, 6) is 0. The Kier molecular flexibility index (Phi) is 4.06. The molecule has 0 aliphatic rings. The number of rotatable bonds is 4. The number of nitrogens with one attached hydrogen (secondary N) is 1. The molecule has 0 saturated carbocycles. The van der Waals surface area contributed by atoms with Crippen LogP contribution in [0.2, 0.25) is 0 Å². The van der Waals surface area contributed by atoms with E-state index in [1.165, 1.54) is 5.56 Å². The predicted molar refractivity (Wildman–Crippen MR) is 76.3 cm³/mol. The molecule has 1 N–H and O–H groups in total. The van der Waals surface area contributed by atoms with Crippen LogP contribution in [0, 0.1) is 11.3 Å². The summed E-state index contributed by atoms with van der Waals surface area (Å²) in [5, 5.41) is 12.1. The molecular formula is C14H14BrN3. The molecule has 3 nitrogen and oxygen atoms in total. The van der Waals surface area contributed by atoms with E-state index in [1.807, 2.05) is 18.2 Å². The lowest BCUT2D eigenvalue weighted by Gasteiger charge is -2.07. The highest BCUT2D eigenvalue weighted by atomic mass is 79.9. The summed E-state index contributed by atoms with van der Waals surface area (Å²) in [4.78, 5) is 0. The lowest BCUT2D eigenvalue weighted by atomic mass is 10.2. The third-order valence-electron chi connectivity index (χ3n) is 2.76. The third-order valence-corrected chi connectivity index (χ3v) is 3.41. The fourth-order valence-electron chi connectivity index (χ4n) is 1.72. The van der Waals surface area contributed by atoms with E-state index in [2.05, 4.69) is 57.3 Å². The van der Waals surface area contributed by atoms with Crippen LogP contribution in [0.5, 0.6) is 0 Å². The zero-order valence-corrected chi connectivity index (χ0v) is 11.7. The van der Waals surface area contributed by atoms with Gasteiger partial charge in [-0.05, 0) is 52.7 Å². The van der Waals surface area contributed by atoms with Crippen molar-refractivity contribution in [3.8, 4) is 6.07 Å². The molecule has 2 aromatic rings. The van der Waals surface area contributed by atoms with Crippen molar-refractivity contribution in [1.82, 2.24) is 4.57 Å². The van der Waals surface area contributed by atoms with E-state index in [1.54, 1.807) is 0 Å². The summed E-state index contributed by atoms with van der Waals surface area (Å²) < 4.78 is 3.06. The van der Waals surface area contributed by atoms with Crippen LogP contribution in [0.25, 0.3) is 0 Å². The Balaban J connectivity index is 2.04. The zero-order chi connectivity index (χ0) is 13.0. The summed E-state index contributed by atoms with van der Waals surface area (Å²) in [6, 6.07) is 9.77. The van der Waals surface area contributed by atoms with E-state index in [-0.39, 0.29) is 0 Å². The first-order valence-electron chi connectivity index (χ1n) is 5.81. The first-order chi connectivity index (χ1) is 8.72. The van der Waals surface area contributed by atoms with Crippen molar-refractivity contribution in [3.05, 3.63) is 52.3 Å². The zero-order valence-electron chi connectivity index (χ0n) is 10.2. The van der Waals surface area contributed by atoms with Crippen LogP contribution in [-0.2, 0) is 13.1 Å². The molecule has 0 amide bonds. The summed E-state index contributed by atoms with van der Waals surface area (Å²) in [7, 11) is 0. The number of aryl methyl sites for hydroxylation is 1. The topological polar surface area (TPSA) is 40.8 Å². The molecule has 0 saturated heterocycles. The minimum atomic E-state index is 0.657. The van der Waals surface area contributed by atoms with Gasteiger partial charge in [-0.15, -0.1) is 0 Å². The van der Waals surface area contributed by atoms with Crippen LogP contribution in [-0.4, -0.2) is 4.57 Å². The molecule has 18 heavy (non-hydrogen) atoms. The summed E-state index contributed by atoms with van der Waals surface area (Å²) in [6.45, 7) is 3.88. The molecule has 1 aromatic heterocycles. The average Bonchev–Trinajstić information content (AvgIpc) is 2.85. The Morgan fingerprint density at radius 3 is 2.83 bits per heavy atom. The highest BCUT2D eigenvalue weighted by molar-refractivity contribution is 9.10. The Morgan fingerprint density at radius 2 is 2.22 bits per heavy atom. The number of aromatic nitrogens is 1. The fourth-order valence-corrected chi connectivity index (χ4v) is 2.24. The predicted octanol–water partition coefficient (Wildman–Crippen LogP) is 3.75. The van der Waals surface area contributed by atoms with E-state index >= 15 is 0 Å². The molecule has 92 valence electrons. The van der Waals surface area contributed by atoms with Gasteiger partial charge in [0.1, 0.15) is 0 Å². The fraction of sp³-hybridized carbons (Fsp3) is 0.214. The highest BCUT2D eigenvalue weighted by Crippen LogP contribution is 2.23. The van der Waals surface area contributed by atoms with Crippen LogP contribution in [0.15, 0.2) is 41.1 Å². The minimum absolute atomic E-state index is 0.657. The number of hydrogen-bond acceptors (Lipinski definition) is 2. The lowest BCUT2D eigenvalue weighted by Crippen LogP contribution is -1.99. The average molecular weight is 304 g/mol. The molecule has 0 radical (unpaired) electrons. The van der Waals surface area contributed by atoms with Gasteiger partial charge in [0.05, 0.1) is 11.6 Å². The first kappa shape index (κ1) is 12.7. The van der Waals surface area contributed by atoms with E-state index in [0.717, 1.165) is 23.2 Å². The Bertz CT molecular complexity index is 581. The Labute approximate surface area is 115 Å². The first-order valence-corrected chi connectivity index (χ1v) is 6.60. The second-order valence-corrected chi connectivity index (χ2v) is 4.86. The standard InChI is InChI=1S/C14H14BrN3/c1-2-18-6-5-12(10-18)9-17-14-4-3-11(8-16)7-13(14)15/h3-7,10,17H,2,9H2,1H3. The Hall–Kier alpha value is -1.73. The maximum absolute atomic E-state index is 8.80. The van der Waals surface area contributed by atoms with Crippen molar-refractivity contribution in [2.75, 3.05) is 5.32 Å². The number of halogens is 1. The molecule has 0 bridgehead atoms. The summed E-state index contributed by atoms with van der Waals surface area (Å²) >= 11 is 3.46. The number of benzene rings is 1. The molecular weight excluding hydrogens is 290 g/mol. The van der Waals surface area contributed by atoms with Gasteiger partial charge in [0, 0.05) is 35.6 Å². The van der Waals surface area contributed by atoms with Gasteiger partial charge in [-0.3, -0.25) is 0 Å². The van der Waals surface area contributed by atoms with Gasteiger partial charge >= 0.3 is 0 Å². The monoisotopic (exact) mass is 303 g/mol. The summed E-state index contributed by atoms with van der Waals surface area (Å²) in [6.07, 6.45) is 4.20. The van der Waals surface area contributed by atoms with E-state index in [9.17, 15) is 0 Å². The summed E-state index contributed by atoms with van der Waals surface area (Å²) in [5.41, 5.74) is 2.90. The quantitative estimate of drug-likeness (QED) is 0.934. The van der Waals surface area contributed by atoms with Crippen molar-refractivity contribution in [3.63, 3.8) is 0 Å². The minimum Gasteiger partial charge on any atom is -0.380 e. The molecule has 4 heteroatoms. The lowest BCUT2D eigenvalue weighted by molar-refractivity contribution is 0.766. The number of nitrogens with zero attached hydrogens (tertiary/aromatic N) is 2. The van der Waals surface area contributed by atoms with Crippen LogP contribution >= 0.6 is 15.9 Å². The third kappa shape index (κ3) is 2.93. The van der Waals surface area contributed by atoms with Crippen LogP contribution in [0.1, 0.15) is 18.1 Å². The maximum Gasteiger partial charge on any atom is 0.0992 e. The van der Waals surface area contributed by atoms with Gasteiger partial charge in [0.25, 0.3) is 0 Å². The van der Waals surface area contributed by atoms with E-state index in [0.29, 0.717) is 5.56 Å². The van der Waals surface area contributed by atoms with Crippen molar-refractivity contribution in [1.29, 1.82) is 5.26 Å². The molecule has 0 spiro atoms. The van der Waals surface area contributed by atoms with Gasteiger partial charge in [-0.25, -0.2) is 0 Å². The molecule has 0 atom stereocenters. The van der Waals surface area contributed by atoms with Crippen molar-refractivity contribution >= 4 is 21.6 Å². The number of nitriles is 1. The molecule has 0 unspecified atom stereocenters. The normalized spacial score (nSPS) is 10.1. The Morgan fingerprint density at radius 1 is 1.39 bits per heavy atom. The molecule has 2 rings (SSSR count). The van der Waals surface area contributed by atoms with Gasteiger partial charge < -0.3 is 9.88 Å². The smallest absolute Gasteiger partial charge is 0.0992 e. The van der Waals surface area contributed by atoms with Crippen molar-refractivity contribution in [2.24, 2.45) is 0 Å². The van der Waals surface area contributed by atoms with Gasteiger partial charge in [-0.2, -0.15) is 5.26 Å². The number of anilines is 1. The molecule has 1 heterocycles. The van der Waals surface area contributed by atoms with Crippen molar-refractivity contribution in [2.45, 2.75) is 20.0 Å². The maximum atomic E-state index is 8.80.